The molecule has 3 aromatic carbocycles. The molecule has 0 aliphatic heterocycles. The molecule has 0 amide bonds. The van der Waals surface area contributed by atoms with Crippen LogP contribution in [0, 0.1) is 11.6 Å². The van der Waals surface area contributed by atoms with E-state index in [2.05, 4.69) is 4.98 Å². The van der Waals surface area contributed by atoms with E-state index >= 15 is 0 Å². The summed E-state index contributed by atoms with van der Waals surface area (Å²) in [6.07, 6.45) is 4.77. The van der Waals surface area contributed by atoms with Crippen LogP contribution in [0.15, 0.2) is 102 Å². The van der Waals surface area contributed by atoms with Crippen LogP contribution in [0.5, 0.6) is 0 Å². The Morgan fingerprint density at radius 2 is 1.29 bits per heavy atom. The zero-order valence-electron chi connectivity index (χ0n) is 18.4. The van der Waals surface area contributed by atoms with E-state index in [-0.39, 0.29) is 23.2 Å². The first kappa shape index (κ1) is 21.8. The largest absolute Gasteiger partial charge is 0.333 e. The molecule has 0 N–H and O–H groups in total. The maximum atomic E-state index is 13.5. The molecule has 2 aromatic heterocycles. The number of para-hydroxylation sites is 2. The Labute approximate surface area is 195 Å². The lowest BCUT2D eigenvalue weighted by molar-refractivity contribution is 0.569. The highest BCUT2D eigenvalue weighted by Crippen LogP contribution is 2.30. The molecule has 0 atom stereocenters. The summed E-state index contributed by atoms with van der Waals surface area (Å²) in [5.41, 5.74) is 4.29. The first-order valence-corrected chi connectivity index (χ1v) is 11.2. The van der Waals surface area contributed by atoms with Gasteiger partial charge in [-0.1, -0.05) is 36.4 Å². The minimum Gasteiger partial charge on any atom is -0.292 e. The van der Waals surface area contributed by atoms with Crippen LogP contribution in [0.1, 0.15) is 29.9 Å². The molecule has 6 heteroatoms. The van der Waals surface area contributed by atoms with Gasteiger partial charge in [-0.25, -0.2) is 13.6 Å². The zero-order chi connectivity index (χ0) is 23.5. The second-order valence-corrected chi connectivity index (χ2v) is 8.26. The van der Waals surface area contributed by atoms with Crippen LogP contribution in [0.25, 0.3) is 16.7 Å². The molecule has 0 bridgehead atoms. The molecule has 170 valence electrons. The third-order valence-corrected chi connectivity index (χ3v) is 6.18. The van der Waals surface area contributed by atoms with Crippen molar-refractivity contribution < 1.29 is 8.78 Å². The number of hydrogen-bond acceptors (Lipinski definition) is 2. The Bertz CT molecular complexity index is 1410. The molecular weight excluding hydrogens is 432 g/mol. The Hall–Kier alpha value is -4.06. The number of imidazole rings is 1. The first-order chi connectivity index (χ1) is 16.6. The van der Waals surface area contributed by atoms with E-state index in [1.54, 1.807) is 45.8 Å². The van der Waals surface area contributed by atoms with E-state index in [4.69, 9.17) is 0 Å². The van der Waals surface area contributed by atoms with Crippen molar-refractivity contribution in [3.8, 4) is 5.69 Å². The fraction of sp³-hybridized carbons (Fsp3) is 0.143. The quantitative estimate of drug-likeness (QED) is 0.298. The number of pyridine rings is 1. The van der Waals surface area contributed by atoms with Gasteiger partial charge in [0.2, 0.25) is 0 Å². The van der Waals surface area contributed by atoms with E-state index in [0.29, 0.717) is 13.0 Å². The second-order valence-electron chi connectivity index (χ2n) is 8.26. The lowest BCUT2D eigenvalue weighted by Crippen LogP contribution is -2.23. The lowest BCUT2D eigenvalue weighted by Gasteiger charge is -2.18. The molecule has 0 fully saturated rings. The van der Waals surface area contributed by atoms with Gasteiger partial charge in [0.05, 0.1) is 16.7 Å². The van der Waals surface area contributed by atoms with Crippen molar-refractivity contribution in [3.05, 3.63) is 131 Å². The number of fused-ring (bicyclic) bond motifs is 1. The molecule has 0 spiro atoms. The summed E-state index contributed by atoms with van der Waals surface area (Å²) in [5.74, 6) is -0.625. The molecule has 2 heterocycles. The summed E-state index contributed by atoms with van der Waals surface area (Å²) in [4.78, 5) is 17.5. The van der Waals surface area contributed by atoms with Gasteiger partial charge in [-0.05, 0) is 72.5 Å². The van der Waals surface area contributed by atoms with Crippen molar-refractivity contribution in [2.75, 3.05) is 0 Å². The van der Waals surface area contributed by atoms with Crippen molar-refractivity contribution in [1.82, 2.24) is 14.1 Å². The highest BCUT2D eigenvalue weighted by molar-refractivity contribution is 5.78. The summed E-state index contributed by atoms with van der Waals surface area (Å²) < 4.78 is 30.5. The molecule has 4 nitrogen and oxygen atoms in total. The normalized spacial score (nSPS) is 11.4. The third kappa shape index (κ3) is 4.27. The first-order valence-electron chi connectivity index (χ1n) is 11.2. The number of nitrogens with zero attached hydrogens (tertiary/aromatic N) is 3. The van der Waals surface area contributed by atoms with Crippen molar-refractivity contribution in [3.63, 3.8) is 0 Å². The second kappa shape index (κ2) is 9.43. The minimum absolute atomic E-state index is 0.0366. The number of rotatable bonds is 7. The Balaban J connectivity index is 1.45. The molecule has 0 aliphatic rings. The van der Waals surface area contributed by atoms with Crippen LogP contribution >= 0.6 is 0 Å². The molecule has 0 saturated carbocycles. The molecule has 0 radical (unpaired) electrons. The summed E-state index contributed by atoms with van der Waals surface area (Å²) >= 11 is 0. The Kier molecular flexibility index (Phi) is 6.04. The molecule has 5 aromatic rings. The van der Waals surface area contributed by atoms with Crippen LogP contribution in [0.2, 0.25) is 0 Å². The molecule has 0 saturated heterocycles. The molecule has 0 aliphatic carbocycles. The van der Waals surface area contributed by atoms with Crippen molar-refractivity contribution >= 4 is 11.0 Å². The van der Waals surface area contributed by atoms with Crippen molar-refractivity contribution in [2.24, 2.45) is 0 Å². The van der Waals surface area contributed by atoms with E-state index in [1.807, 2.05) is 36.4 Å². The summed E-state index contributed by atoms with van der Waals surface area (Å²) in [6, 6.07) is 24.2. The maximum absolute atomic E-state index is 13.5. The average molecular weight is 456 g/mol. The van der Waals surface area contributed by atoms with Crippen LogP contribution in [0.3, 0.4) is 0 Å². The smallest absolute Gasteiger partial charge is 0.292 e. The SMILES string of the molecule is O=c1n(CCCC(c2ccc(F)cc2)c2ccc(F)cc2)c2ccccc2n1-c1ccncc1. The molecule has 0 unspecified atom stereocenters. The van der Waals surface area contributed by atoms with Gasteiger partial charge in [0.1, 0.15) is 11.6 Å². The zero-order valence-corrected chi connectivity index (χ0v) is 18.4. The maximum Gasteiger partial charge on any atom is 0.333 e. The number of aryl methyl sites for hydroxylation is 1. The highest BCUT2D eigenvalue weighted by atomic mass is 19.1. The standard InChI is InChI=1S/C28H23F2N3O/c29-22-11-7-20(8-12-22)25(21-9-13-23(30)14-10-21)4-3-19-32-26-5-1-2-6-27(26)33(28(32)34)24-15-17-31-18-16-24/h1-2,5-18,25H,3-4,19H2. The van der Waals surface area contributed by atoms with Gasteiger partial charge in [-0.2, -0.15) is 0 Å². The van der Waals surface area contributed by atoms with Gasteiger partial charge < -0.3 is 0 Å². The van der Waals surface area contributed by atoms with Crippen LogP contribution < -0.4 is 5.69 Å². The van der Waals surface area contributed by atoms with Gasteiger partial charge in [-0.15, -0.1) is 0 Å². The van der Waals surface area contributed by atoms with E-state index in [9.17, 15) is 13.6 Å². The minimum atomic E-state index is -0.294. The number of halogens is 2. The van der Waals surface area contributed by atoms with Gasteiger partial charge in [0, 0.05) is 24.9 Å². The van der Waals surface area contributed by atoms with E-state index in [0.717, 1.165) is 34.3 Å². The van der Waals surface area contributed by atoms with Crippen molar-refractivity contribution in [1.29, 1.82) is 0 Å². The summed E-state index contributed by atoms with van der Waals surface area (Å²) in [7, 11) is 0. The van der Waals surface area contributed by atoms with Gasteiger partial charge in [-0.3, -0.25) is 14.1 Å². The summed E-state index contributed by atoms with van der Waals surface area (Å²) in [5, 5.41) is 0. The molecule has 5 rings (SSSR count). The van der Waals surface area contributed by atoms with Crippen molar-refractivity contribution in [2.45, 2.75) is 25.3 Å². The van der Waals surface area contributed by atoms with E-state index in [1.165, 1.54) is 24.3 Å². The molecule has 34 heavy (non-hydrogen) atoms. The number of hydrogen-bond donors (Lipinski definition) is 0. The predicted octanol–water partition coefficient (Wildman–Crippen LogP) is 6.08. The van der Waals surface area contributed by atoms with Crippen LogP contribution in [-0.4, -0.2) is 14.1 Å². The Morgan fingerprint density at radius 3 is 1.88 bits per heavy atom. The van der Waals surface area contributed by atoms with E-state index < -0.39 is 0 Å². The highest BCUT2D eigenvalue weighted by Gasteiger charge is 2.17. The topological polar surface area (TPSA) is 39.8 Å². The van der Waals surface area contributed by atoms with Gasteiger partial charge in [0.15, 0.2) is 0 Å². The molecular formula is C28H23F2N3O. The van der Waals surface area contributed by atoms with Gasteiger partial charge >= 0.3 is 5.69 Å². The summed E-state index contributed by atoms with van der Waals surface area (Å²) in [6.45, 7) is 0.524. The monoisotopic (exact) mass is 455 g/mol. The van der Waals surface area contributed by atoms with Gasteiger partial charge in [0.25, 0.3) is 0 Å². The Morgan fingerprint density at radius 1 is 0.735 bits per heavy atom. The fourth-order valence-electron chi connectivity index (χ4n) is 4.54. The predicted molar refractivity (Wildman–Crippen MR) is 129 cm³/mol. The van der Waals surface area contributed by atoms with Crippen LogP contribution in [0.4, 0.5) is 8.78 Å². The third-order valence-electron chi connectivity index (χ3n) is 6.18. The average Bonchev–Trinajstić information content (AvgIpc) is 3.15. The fourth-order valence-corrected chi connectivity index (χ4v) is 4.54. The van der Waals surface area contributed by atoms with Crippen LogP contribution in [-0.2, 0) is 6.54 Å². The number of aromatic nitrogens is 3. The lowest BCUT2D eigenvalue weighted by atomic mass is 9.87. The number of benzene rings is 3.